The van der Waals surface area contributed by atoms with Gasteiger partial charge < -0.3 is 4.90 Å². The fourth-order valence-electron chi connectivity index (χ4n) is 9.00. The van der Waals surface area contributed by atoms with Gasteiger partial charge in [0.05, 0.1) is 16.6 Å². The van der Waals surface area contributed by atoms with E-state index >= 15 is 0 Å². The molecule has 2 heterocycles. The Kier molecular flexibility index (Phi) is 7.29. The number of hydrogen-bond acceptors (Lipinski definition) is 3. The van der Waals surface area contributed by atoms with Crippen molar-refractivity contribution < 1.29 is 0 Å². The van der Waals surface area contributed by atoms with Crippen molar-refractivity contribution in [3.8, 4) is 22.3 Å². The van der Waals surface area contributed by atoms with E-state index in [1.165, 1.54) is 70.1 Å². The second kappa shape index (κ2) is 12.7. The largest absolute Gasteiger partial charge is 0.310 e. The van der Waals surface area contributed by atoms with Gasteiger partial charge in [0.15, 0.2) is 0 Å². The number of hydrogen-bond donors (Lipinski definition) is 0. The summed E-state index contributed by atoms with van der Waals surface area (Å²) in [6.45, 7) is 0. The monoisotopic (exact) mass is 718 g/mol. The highest BCUT2D eigenvalue weighted by atomic mass is 32.1. The highest BCUT2D eigenvalue weighted by Crippen LogP contribution is 2.57. The molecule has 2 aromatic heterocycles. The fourth-order valence-corrected chi connectivity index (χ4v) is 10.2. The van der Waals surface area contributed by atoms with E-state index in [9.17, 15) is 0 Å². The Labute approximate surface area is 324 Å². The maximum atomic E-state index is 4.68. The molecule has 0 bridgehead atoms. The first-order valence-corrected chi connectivity index (χ1v) is 19.6. The third kappa shape index (κ3) is 4.90. The second-order valence-electron chi connectivity index (χ2n) is 14.3. The lowest BCUT2D eigenvalue weighted by Gasteiger charge is -2.35. The minimum absolute atomic E-state index is 0.499. The van der Waals surface area contributed by atoms with Crippen molar-refractivity contribution in [2.24, 2.45) is 0 Å². The van der Waals surface area contributed by atoms with Crippen LogP contribution in [0.25, 0.3) is 53.3 Å². The molecule has 0 radical (unpaired) electrons. The number of fused-ring (bicyclic) bond motifs is 7. The van der Waals surface area contributed by atoms with Gasteiger partial charge in [-0.2, -0.15) is 0 Å². The molecule has 0 saturated carbocycles. The van der Waals surface area contributed by atoms with Gasteiger partial charge in [0, 0.05) is 48.7 Å². The van der Waals surface area contributed by atoms with E-state index in [4.69, 9.17) is 0 Å². The second-order valence-corrected chi connectivity index (χ2v) is 15.4. The molecule has 8 aromatic carbocycles. The lowest BCUT2D eigenvalue weighted by atomic mass is 9.67. The maximum absolute atomic E-state index is 4.68. The van der Waals surface area contributed by atoms with Crippen LogP contribution in [0.4, 0.5) is 17.1 Å². The van der Waals surface area contributed by atoms with Crippen LogP contribution in [0, 0.1) is 0 Å². The summed E-state index contributed by atoms with van der Waals surface area (Å²) in [6.07, 6.45) is 1.88. The van der Waals surface area contributed by atoms with Gasteiger partial charge in [-0.25, -0.2) is 0 Å². The Morgan fingerprint density at radius 1 is 0.436 bits per heavy atom. The van der Waals surface area contributed by atoms with E-state index in [0.29, 0.717) is 0 Å². The van der Waals surface area contributed by atoms with E-state index < -0.39 is 5.41 Å². The standard InChI is InChI=1S/C52H34N2S/c1-4-15-35(16-5-1)41-22-11-13-25-49(41)54(40-27-29-44-45-34-48-36(17-14-30-53-48)31-50(45)55-51(44)33-40)39-26-28-43-42-23-10-12-24-46(42)52(47(43)32-39,37-18-6-2-7-19-37)38-20-8-3-9-21-38/h1-34H. The zero-order chi connectivity index (χ0) is 36.3. The predicted octanol–water partition coefficient (Wildman–Crippen LogP) is 14.1. The fraction of sp³-hybridized carbons (Fsp3) is 0.0192. The van der Waals surface area contributed by atoms with Crippen LogP contribution in [0.3, 0.4) is 0 Å². The highest BCUT2D eigenvalue weighted by molar-refractivity contribution is 7.25. The molecule has 2 nitrogen and oxygen atoms in total. The molecule has 1 aliphatic rings. The van der Waals surface area contributed by atoms with Crippen LogP contribution in [0.15, 0.2) is 206 Å². The van der Waals surface area contributed by atoms with E-state index in [0.717, 1.165) is 22.6 Å². The van der Waals surface area contributed by atoms with E-state index in [2.05, 4.69) is 204 Å². The maximum Gasteiger partial charge on any atom is 0.0714 e. The Morgan fingerprint density at radius 3 is 1.84 bits per heavy atom. The molecule has 258 valence electrons. The van der Waals surface area contributed by atoms with Crippen LogP contribution in [0.5, 0.6) is 0 Å². The van der Waals surface area contributed by atoms with Crippen molar-refractivity contribution in [2.75, 3.05) is 4.90 Å². The smallest absolute Gasteiger partial charge is 0.0714 e. The number of anilines is 3. The predicted molar refractivity (Wildman–Crippen MR) is 232 cm³/mol. The third-order valence-electron chi connectivity index (χ3n) is 11.4. The topological polar surface area (TPSA) is 16.1 Å². The molecule has 0 N–H and O–H groups in total. The summed E-state index contributed by atoms with van der Waals surface area (Å²) >= 11 is 1.85. The first-order chi connectivity index (χ1) is 27.3. The summed E-state index contributed by atoms with van der Waals surface area (Å²) < 4.78 is 2.52. The normalized spacial score (nSPS) is 12.9. The molecule has 1 aliphatic carbocycles. The van der Waals surface area contributed by atoms with Gasteiger partial charge in [0.1, 0.15) is 0 Å². The zero-order valence-electron chi connectivity index (χ0n) is 29.9. The molecule has 0 spiro atoms. The number of rotatable bonds is 6. The first kappa shape index (κ1) is 31.7. The molecule has 0 atom stereocenters. The molecule has 0 saturated heterocycles. The molecule has 0 aliphatic heterocycles. The molecular weight excluding hydrogens is 685 g/mol. The van der Waals surface area contributed by atoms with Crippen molar-refractivity contribution in [2.45, 2.75) is 5.41 Å². The molecule has 10 aromatic rings. The summed E-state index contributed by atoms with van der Waals surface area (Å²) in [7, 11) is 0. The molecule has 0 amide bonds. The van der Waals surface area contributed by atoms with Crippen LogP contribution in [0.2, 0.25) is 0 Å². The Hall–Kier alpha value is -6.81. The average molecular weight is 719 g/mol. The van der Waals surface area contributed by atoms with Crippen molar-refractivity contribution in [3.05, 3.63) is 229 Å². The number of nitrogens with zero attached hydrogens (tertiary/aromatic N) is 2. The average Bonchev–Trinajstić information content (AvgIpc) is 3.76. The SMILES string of the molecule is c1ccc(-c2ccccc2N(c2ccc3c(c2)C(c2ccccc2)(c2ccccc2)c2ccccc2-3)c2ccc3c(c2)sc2cc4cccnc4cc23)cc1. The lowest BCUT2D eigenvalue weighted by Crippen LogP contribution is -2.28. The number of pyridine rings is 1. The van der Waals surface area contributed by atoms with Crippen LogP contribution >= 0.6 is 11.3 Å². The van der Waals surface area contributed by atoms with Crippen LogP contribution in [-0.2, 0) is 5.41 Å². The first-order valence-electron chi connectivity index (χ1n) is 18.8. The molecule has 3 heteroatoms. The molecule has 11 rings (SSSR count). The van der Waals surface area contributed by atoms with Crippen LogP contribution in [0.1, 0.15) is 22.3 Å². The summed E-state index contributed by atoms with van der Waals surface area (Å²) in [6, 6.07) is 73.4. The minimum atomic E-state index is -0.499. The van der Waals surface area contributed by atoms with Gasteiger partial charge in [0.25, 0.3) is 0 Å². The summed E-state index contributed by atoms with van der Waals surface area (Å²) in [4.78, 5) is 7.14. The Balaban J connectivity index is 1.19. The van der Waals surface area contributed by atoms with Crippen molar-refractivity contribution in [1.82, 2.24) is 4.98 Å². The van der Waals surface area contributed by atoms with Crippen molar-refractivity contribution in [3.63, 3.8) is 0 Å². The molecule has 0 unspecified atom stereocenters. The van der Waals surface area contributed by atoms with Gasteiger partial charge in [-0.3, -0.25) is 4.98 Å². The summed E-state index contributed by atoms with van der Waals surface area (Å²) in [5, 5.41) is 3.67. The minimum Gasteiger partial charge on any atom is -0.310 e. The van der Waals surface area contributed by atoms with Gasteiger partial charge >= 0.3 is 0 Å². The van der Waals surface area contributed by atoms with Gasteiger partial charge in [-0.05, 0) is 87.5 Å². The van der Waals surface area contributed by atoms with Crippen molar-refractivity contribution >= 4 is 59.5 Å². The Bertz CT molecular complexity index is 3000. The number of para-hydroxylation sites is 1. The van der Waals surface area contributed by atoms with Crippen LogP contribution in [-0.4, -0.2) is 4.98 Å². The quantitative estimate of drug-likeness (QED) is 0.170. The number of benzene rings is 8. The summed E-state index contributed by atoms with van der Waals surface area (Å²) in [5.41, 5.74) is 13.9. The van der Waals surface area contributed by atoms with Gasteiger partial charge in [-0.1, -0.05) is 152 Å². The Morgan fingerprint density at radius 2 is 1.05 bits per heavy atom. The number of thiophene rings is 1. The molecular formula is C52H34N2S. The number of aromatic nitrogens is 1. The molecule has 0 fully saturated rings. The van der Waals surface area contributed by atoms with E-state index in [-0.39, 0.29) is 0 Å². The van der Waals surface area contributed by atoms with E-state index in [1.54, 1.807) is 0 Å². The lowest BCUT2D eigenvalue weighted by molar-refractivity contribution is 0.768. The third-order valence-corrected chi connectivity index (χ3v) is 12.5. The van der Waals surface area contributed by atoms with Gasteiger partial charge in [-0.15, -0.1) is 11.3 Å². The zero-order valence-corrected chi connectivity index (χ0v) is 30.7. The summed E-state index contributed by atoms with van der Waals surface area (Å²) in [5.74, 6) is 0. The van der Waals surface area contributed by atoms with Crippen molar-refractivity contribution in [1.29, 1.82) is 0 Å². The van der Waals surface area contributed by atoms with Crippen LogP contribution < -0.4 is 4.90 Å². The molecule has 55 heavy (non-hydrogen) atoms. The van der Waals surface area contributed by atoms with Gasteiger partial charge in [0.2, 0.25) is 0 Å². The van der Waals surface area contributed by atoms with E-state index in [1.807, 2.05) is 23.6 Å². The highest BCUT2D eigenvalue weighted by Gasteiger charge is 2.46.